The van der Waals surface area contributed by atoms with Crippen LogP contribution in [0.2, 0.25) is 10.0 Å². The van der Waals surface area contributed by atoms with Crippen molar-refractivity contribution in [3.05, 3.63) is 69.3 Å². The highest BCUT2D eigenvalue weighted by atomic mass is 35.5. The Morgan fingerprint density at radius 1 is 1.10 bits per heavy atom. The van der Waals surface area contributed by atoms with E-state index < -0.39 is 11.7 Å². The number of aryl methyl sites for hydroxylation is 2. The van der Waals surface area contributed by atoms with Crippen molar-refractivity contribution >= 4 is 34.2 Å². The van der Waals surface area contributed by atoms with Gasteiger partial charge in [-0.05, 0) is 59.7 Å². The molecule has 1 atom stereocenters. The second-order valence-electron chi connectivity index (χ2n) is 10.3. The van der Waals surface area contributed by atoms with Gasteiger partial charge in [0.2, 0.25) is 5.88 Å². The molecule has 0 saturated heterocycles. The number of hydrogen-bond acceptors (Lipinski definition) is 7. The number of ether oxygens (including phenoxy) is 1. The van der Waals surface area contributed by atoms with Crippen LogP contribution in [0.15, 0.2) is 36.8 Å². The zero-order chi connectivity index (χ0) is 28.1. The molecule has 0 amide bonds. The summed E-state index contributed by atoms with van der Waals surface area (Å²) in [4.78, 5) is 13.5. The molecule has 5 aromatic heterocycles. The zero-order valence-corrected chi connectivity index (χ0v) is 24.1. The van der Waals surface area contributed by atoms with Crippen molar-refractivity contribution in [2.45, 2.75) is 59.8 Å². The van der Waals surface area contributed by atoms with Crippen LogP contribution in [0.25, 0.3) is 33.5 Å². The number of pyridine rings is 3. The molecule has 202 valence electrons. The number of aromatic nitrogens is 7. The Morgan fingerprint density at radius 3 is 2.46 bits per heavy atom. The van der Waals surface area contributed by atoms with Crippen LogP contribution in [0.1, 0.15) is 49.4 Å². The summed E-state index contributed by atoms with van der Waals surface area (Å²) < 4.78 is 8.03. The van der Waals surface area contributed by atoms with Gasteiger partial charge >= 0.3 is 0 Å². The molecule has 0 fully saturated rings. The summed E-state index contributed by atoms with van der Waals surface area (Å²) in [6.07, 6.45) is 4.41. The third-order valence-electron chi connectivity index (χ3n) is 6.48. The van der Waals surface area contributed by atoms with E-state index in [-0.39, 0.29) is 0 Å². The van der Waals surface area contributed by atoms with Gasteiger partial charge in [0.05, 0.1) is 39.1 Å². The fraction of sp³-hybridized carbons (Fsp3) is 0.321. The number of rotatable bonds is 7. The number of nitrogens with zero attached hydrogens (tertiary/aromatic N) is 6. The normalized spacial score (nSPS) is 12.7. The van der Waals surface area contributed by atoms with Crippen LogP contribution in [-0.4, -0.2) is 45.6 Å². The van der Waals surface area contributed by atoms with Crippen molar-refractivity contribution in [3.8, 4) is 28.4 Å². The van der Waals surface area contributed by atoms with E-state index in [9.17, 15) is 5.11 Å². The fourth-order valence-electron chi connectivity index (χ4n) is 4.66. The van der Waals surface area contributed by atoms with E-state index in [1.807, 2.05) is 50.6 Å². The van der Waals surface area contributed by atoms with E-state index in [0.717, 1.165) is 39.3 Å². The van der Waals surface area contributed by atoms with E-state index >= 15 is 0 Å². The Balaban J connectivity index is 1.47. The van der Waals surface area contributed by atoms with Crippen LogP contribution in [0, 0.1) is 20.8 Å². The molecule has 5 rings (SSSR count). The van der Waals surface area contributed by atoms with Crippen molar-refractivity contribution in [1.29, 1.82) is 0 Å². The Kier molecular flexibility index (Phi) is 7.09. The first-order chi connectivity index (χ1) is 18.4. The summed E-state index contributed by atoms with van der Waals surface area (Å²) in [6.45, 7) is 11.6. The second kappa shape index (κ2) is 10.2. The fourth-order valence-corrected chi connectivity index (χ4v) is 5.33. The molecule has 0 bridgehead atoms. The Morgan fingerprint density at radius 2 is 1.82 bits per heavy atom. The maximum Gasteiger partial charge on any atom is 0.217 e. The van der Waals surface area contributed by atoms with Crippen LogP contribution in [0.4, 0.5) is 0 Å². The highest BCUT2D eigenvalue weighted by molar-refractivity contribution is 6.35. The lowest BCUT2D eigenvalue weighted by Gasteiger charge is -2.18. The Bertz CT molecular complexity index is 1650. The minimum atomic E-state index is -0.874. The maximum atomic E-state index is 10.2. The number of fused-ring (bicyclic) bond motifs is 1. The molecular weight excluding hydrogens is 537 g/mol. The van der Waals surface area contributed by atoms with Crippen molar-refractivity contribution in [3.63, 3.8) is 0 Å². The van der Waals surface area contributed by atoms with Gasteiger partial charge in [0, 0.05) is 46.5 Å². The Labute approximate surface area is 236 Å². The van der Waals surface area contributed by atoms with Gasteiger partial charge in [-0.3, -0.25) is 19.7 Å². The Hall–Kier alpha value is -3.53. The molecule has 0 aliphatic rings. The van der Waals surface area contributed by atoms with Gasteiger partial charge in [-0.2, -0.15) is 10.2 Å². The van der Waals surface area contributed by atoms with Gasteiger partial charge in [-0.15, -0.1) is 0 Å². The third-order valence-corrected chi connectivity index (χ3v) is 7.08. The lowest BCUT2D eigenvalue weighted by Crippen LogP contribution is -2.27. The van der Waals surface area contributed by atoms with E-state index in [0.29, 0.717) is 39.2 Å². The predicted molar refractivity (Wildman–Crippen MR) is 152 cm³/mol. The summed E-state index contributed by atoms with van der Waals surface area (Å²) >= 11 is 12.7. The summed E-state index contributed by atoms with van der Waals surface area (Å²) in [5, 5.41) is 23.3. The molecule has 0 radical (unpaired) electrons. The van der Waals surface area contributed by atoms with Gasteiger partial charge in [0.15, 0.2) is 0 Å². The van der Waals surface area contributed by atoms with Crippen LogP contribution >= 0.6 is 23.2 Å². The predicted octanol–water partition coefficient (Wildman–Crippen LogP) is 6.42. The lowest BCUT2D eigenvalue weighted by molar-refractivity contribution is 0.0570. The number of hydrogen-bond donors (Lipinski definition) is 2. The van der Waals surface area contributed by atoms with E-state index in [1.54, 1.807) is 32.4 Å². The van der Waals surface area contributed by atoms with Crippen molar-refractivity contribution < 1.29 is 9.84 Å². The molecule has 0 saturated carbocycles. The minimum Gasteiger partial charge on any atom is -0.469 e. The smallest absolute Gasteiger partial charge is 0.217 e. The molecule has 0 spiro atoms. The molecule has 5 aromatic rings. The molecule has 0 aromatic carbocycles. The first kappa shape index (κ1) is 27.1. The number of nitrogens with one attached hydrogen (secondary N) is 1. The zero-order valence-electron chi connectivity index (χ0n) is 22.5. The third kappa shape index (κ3) is 5.34. The standard InChI is InChI=1S/C28H29Cl2N7O2/c1-14-9-22-26(33-27(14)39-17(4)24-19(29)11-31-12-20(24)30)25(35-34-22)18-7-8-21(32-10-18)23-15(2)36-37(16(23)3)13-28(5,6)38/h7-12,17,38H,13H2,1-6H3,(H,34,35)/t17-/m1/s1. The molecular formula is C28H29Cl2N7O2. The molecule has 39 heavy (non-hydrogen) atoms. The number of H-pyrrole nitrogens is 1. The summed E-state index contributed by atoms with van der Waals surface area (Å²) in [5.41, 5.74) is 7.07. The van der Waals surface area contributed by atoms with Crippen LogP contribution < -0.4 is 4.74 Å². The largest absolute Gasteiger partial charge is 0.469 e. The molecule has 9 nitrogen and oxygen atoms in total. The van der Waals surface area contributed by atoms with Gasteiger partial charge in [0.1, 0.15) is 17.3 Å². The SMILES string of the molecule is Cc1cc2[nH]nc(-c3ccc(-c4c(C)nn(CC(C)(C)O)c4C)nc3)c2nc1O[C@H](C)c1c(Cl)cncc1Cl. The quantitative estimate of drug-likeness (QED) is 0.234. The number of halogens is 2. The first-order valence-electron chi connectivity index (χ1n) is 12.5. The summed E-state index contributed by atoms with van der Waals surface area (Å²) in [6, 6.07) is 5.86. The summed E-state index contributed by atoms with van der Waals surface area (Å²) in [5.74, 6) is 0.455. The highest BCUT2D eigenvalue weighted by Crippen LogP contribution is 2.35. The monoisotopic (exact) mass is 565 g/mol. The van der Waals surface area contributed by atoms with Crippen LogP contribution in [0.5, 0.6) is 5.88 Å². The highest BCUT2D eigenvalue weighted by Gasteiger charge is 2.22. The van der Waals surface area contributed by atoms with E-state index in [4.69, 9.17) is 37.9 Å². The topological polar surface area (TPSA) is 115 Å². The molecule has 0 aliphatic carbocycles. The molecule has 11 heteroatoms. The lowest BCUT2D eigenvalue weighted by atomic mass is 10.1. The van der Waals surface area contributed by atoms with E-state index in [2.05, 4.69) is 20.3 Å². The van der Waals surface area contributed by atoms with Crippen LogP contribution in [-0.2, 0) is 6.54 Å². The average Bonchev–Trinajstić information content (AvgIpc) is 3.37. The molecule has 0 unspecified atom stereocenters. The van der Waals surface area contributed by atoms with Crippen molar-refractivity contribution in [1.82, 2.24) is 34.9 Å². The van der Waals surface area contributed by atoms with Gasteiger partial charge in [-0.1, -0.05) is 23.2 Å². The molecule has 2 N–H and O–H groups in total. The van der Waals surface area contributed by atoms with Crippen molar-refractivity contribution in [2.24, 2.45) is 0 Å². The molecule has 0 aliphatic heterocycles. The van der Waals surface area contributed by atoms with Gasteiger partial charge in [-0.25, -0.2) is 4.98 Å². The van der Waals surface area contributed by atoms with Gasteiger partial charge < -0.3 is 9.84 Å². The number of aliphatic hydroxyl groups is 1. The maximum absolute atomic E-state index is 10.2. The second-order valence-corrected chi connectivity index (χ2v) is 11.1. The van der Waals surface area contributed by atoms with E-state index in [1.165, 1.54) is 0 Å². The van der Waals surface area contributed by atoms with Gasteiger partial charge in [0.25, 0.3) is 0 Å². The summed E-state index contributed by atoms with van der Waals surface area (Å²) in [7, 11) is 0. The van der Waals surface area contributed by atoms with Crippen LogP contribution in [0.3, 0.4) is 0 Å². The van der Waals surface area contributed by atoms with Crippen molar-refractivity contribution in [2.75, 3.05) is 0 Å². The molecule has 5 heterocycles. The minimum absolute atomic E-state index is 0.394. The average molecular weight is 566 g/mol. The first-order valence-corrected chi connectivity index (χ1v) is 13.2. The number of aromatic amines is 1.